The van der Waals surface area contributed by atoms with Crippen LogP contribution in [0.15, 0.2) is 54.6 Å². The molecule has 35 heavy (non-hydrogen) atoms. The van der Waals surface area contributed by atoms with E-state index in [0.717, 1.165) is 16.7 Å². The van der Waals surface area contributed by atoms with Crippen LogP contribution in [0.2, 0.25) is 0 Å². The van der Waals surface area contributed by atoms with E-state index in [1.54, 1.807) is 13.8 Å². The van der Waals surface area contributed by atoms with Gasteiger partial charge < -0.3 is 20.9 Å². The van der Waals surface area contributed by atoms with Gasteiger partial charge in [0.1, 0.15) is 11.8 Å². The predicted molar refractivity (Wildman–Crippen MR) is 132 cm³/mol. The molecular weight excluding hydrogens is 448 g/mol. The number of ketones is 1. The molecule has 2 rings (SSSR count). The second kappa shape index (κ2) is 14.0. The maximum atomic E-state index is 12.6. The smallest absolute Gasteiger partial charge is 0.320 e. The van der Waals surface area contributed by atoms with Crippen LogP contribution in [0.1, 0.15) is 45.1 Å². The monoisotopic (exact) mass is 482 g/mol. The summed E-state index contributed by atoms with van der Waals surface area (Å²) in [4.78, 5) is 47.5. The Hall–Kier alpha value is -3.52. The van der Waals surface area contributed by atoms with E-state index in [-0.39, 0.29) is 49.6 Å². The van der Waals surface area contributed by atoms with E-state index in [2.05, 4.69) is 5.32 Å². The van der Waals surface area contributed by atoms with Gasteiger partial charge in [-0.1, -0.05) is 61.5 Å². The topological polar surface area (TPSA) is 136 Å². The van der Waals surface area contributed by atoms with Crippen LogP contribution in [-0.4, -0.2) is 47.4 Å². The maximum absolute atomic E-state index is 12.6. The second-order valence-corrected chi connectivity index (χ2v) is 8.61. The van der Waals surface area contributed by atoms with Crippen LogP contribution in [-0.2, 0) is 30.3 Å². The summed E-state index contributed by atoms with van der Waals surface area (Å²) in [6.07, 6.45) is 0.381. The second-order valence-electron chi connectivity index (χ2n) is 8.61. The highest BCUT2D eigenvalue weighted by atomic mass is 16.5. The SMILES string of the molecule is CCOC(=O)[C@H](C)C[C@@H](Cc1ccc(-c2ccccc2)cc1)NC(=O)CCC(=O)C[C@H](N)C(=O)O. The number of benzene rings is 2. The van der Waals surface area contributed by atoms with Gasteiger partial charge in [-0.25, -0.2) is 0 Å². The van der Waals surface area contributed by atoms with Crippen LogP contribution in [0, 0.1) is 5.92 Å². The Morgan fingerprint density at radius 2 is 1.60 bits per heavy atom. The lowest BCUT2D eigenvalue weighted by atomic mass is 9.94. The number of carboxylic acids is 1. The number of carbonyl (C=O) groups excluding carboxylic acids is 3. The van der Waals surface area contributed by atoms with Crippen LogP contribution in [0.3, 0.4) is 0 Å². The minimum atomic E-state index is -1.28. The van der Waals surface area contributed by atoms with Crippen molar-refractivity contribution in [3.05, 3.63) is 60.2 Å². The number of hydrogen-bond donors (Lipinski definition) is 3. The maximum Gasteiger partial charge on any atom is 0.320 e. The minimum Gasteiger partial charge on any atom is -0.480 e. The number of hydrogen-bond acceptors (Lipinski definition) is 6. The molecular formula is C27H34N2O6. The number of nitrogens with two attached hydrogens (primary N) is 1. The zero-order valence-electron chi connectivity index (χ0n) is 20.2. The van der Waals surface area contributed by atoms with Crippen molar-refractivity contribution >= 4 is 23.6 Å². The molecule has 0 aliphatic carbocycles. The van der Waals surface area contributed by atoms with E-state index in [1.165, 1.54) is 0 Å². The highest BCUT2D eigenvalue weighted by Crippen LogP contribution is 2.21. The molecule has 188 valence electrons. The first-order valence-electron chi connectivity index (χ1n) is 11.8. The fraction of sp³-hybridized carbons (Fsp3) is 0.407. The lowest BCUT2D eigenvalue weighted by Crippen LogP contribution is -2.39. The van der Waals surface area contributed by atoms with Gasteiger partial charge in [-0.2, -0.15) is 0 Å². The number of Topliss-reactive ketones (excluding diaryl/α,β-unsaturated/α-hetero) is 1. The molecule has 8 nitrogen and oxygen atoms in total. The van der Waals surface area contributed by atoms with Crippen LogP contribution in [0.5, 0.6) is 0 Å². The number of esters is 1. The standard InChI is InChI=1S/C27H34N2O6/c1-3-35-27(34)18(2)15-22(29-25(31)14-13-23(30)17-24(28)26(32)33)16-19-9-11-21(12-10-19)20-7-5-4-6-8-20/h4-12,18,22,24H,3,13-17,28H2,1-2H3,(H,29,31)(H,32,33)/t18-,22+,24+/m1/s1. The van der Waals surface area contributed by atoms with Crippen molar-refractivity contribution in [1.82, 2.24) is 5.32 Å². The molecule has 4 N–H and O–H groups in total. The van der Waals surface area contributed by atoms with Gasteiger partial charge in [-0.3, -0.25) is 19.2 Å². The molecule has 0 unspecified atom stereocenters. The Morgan fingerprint density at radius 3 is 2.20 bits per heavy atom. The summed E-state index contributed by atoms with van der Waals surface area (Å²) in [7, 11) is 0. The van der Waals surface area contributed by atoms with Crippen molar-refractivity contribution < 1.29 is 29.0 Å². The van der Waals surface area contributed by atoms with Gasteiger partial charge in [0.2, 0.25) is 5.91 Å². The lowest BCUT2D eigenvalue weighted by molar-refractivity contribution is -0.148. The van der Waals surface area contributed by atoms with Crippen LogP contribution >= 0.6 is 0 Å². The fourth-order valence-corrected chi connectivity index (χ4v) is 3.74. The molecule has 1 amide bonds. The zero-order valence-corrected chi connectivity index (χ0v) is 20.2. The molecule has 0 aliphatic heterocycles. The summed E-state index contributed by atoms with van der Waals surface area (Å²) in [6.45, 7) is 3.78. The Bertz CT molecular complexity index is 990. The summed E-state index contributed by atoms with van der Waals surface area (Å²) >= 11 is 0. The first-order chi connectivity index (χ1) is 16.7. The van der Waals surface area contributed by atoms with Gasteiger partial charge in [-0.05, 0) is 36.5 Å². The molecule has 0 aromatic heterocycles. The lowest BCUT2D eigenvalue weighted by Gasteiger charge is -2.22. The summed E-state index contributed by atoms with van der Waals surface area (Å²) < 4.78 is 5.10. The average Bonchev–Trinajstić information content (AvgIpc) is 2.83. The third kappa shape index (κ3) is 9.70. The van der Waals surface area contributed by atoms with Crippen LogP contribution < -0.4 is 11.1 Å². The molecule has 0 aliphatic rings. The Morgan fingerprint density at radius 1 is 0.971 bits per heavy atom. The molecule has 0 saturated heterocycles. The van der Waals surface area contributed by atoms with Gasteiger partial charge in [0.15, 0.2) is 0 Å². The van der Waals surface area contributed by atoms with Gasteiger partial charge in [-0.15, -0.1) is 0 Å². The molecule has 0 spiro atoms. The Kier molecular flexibility index (Phi) is 11.1. The number of rotatable bonds is 14. The Balaban J connectivity index is 2.03. The zero-order chi connectivity index (χ0) is 25.8. The first kappa shape index (κ1) is 27.7. The molecule has 0 saturated carbocycles. The van der Waals surface area contributed by atoms with E-state index < -0.39 is 17.9 Å². The average molecular weight is 483 g/mol. The third-order valence-corrected chi connectivity index (χ3v) is 5.63. The molecule has 8 heteroatoms. The molecule has 0 radical (unpaired) electrons. The predicted octanol–water partition coefficient (Wildman–Crippen LogP) is 3.12. The molecule has 3 atom stereocenters. The summed E-state index contributed by atoms with van der Waals surface area (Å²) in [5.74, 6) is -2.73. The van der Waals surface area contributed by atoms with Crippen LogP contribution in [0.25, 0.3) is 11.1 Å². The first-order valence-corrected chi connectivity index (χ1v) is 11.8. The number of carbonyl (C=O) groups is 4. The number of amides is 1. The molecule has 0 bridgehead atoms. The van der Waals surface area contributed by atoms with Gasteiger partial charge in [0, 0.05) is 25.3 Å². The molecule has 0 fully saturated rings. The number of carboxylic acid groups (broad SMARTS) is 1. The third-order valence-electron chi connectivity index (χ3n) is 5.63. The molecule has 2 aromatic rings. The van der Waals surface area contributed by atoms with Gasteiger partial charge in [0.05, 0.1) is 12.5 Å². The number of aliphatic carboxylic acids is 1. The summed E-state index contributed by atoms with van der Waals surface area (Å²) in [5, 5.41) is 11.7. The fourth-order valence-electron chi connectivity index (χ4n) is 3.74. The number of nitrogens with one attached hydrogen (secondary N) is 1. The summed E-state index contributed by atoms with van der Waals surface area (Å²) in [6, 6.07) is 16.4. The van der Waals surface area contributed by atoms with E-state index in [0.29, 0.717) is 12.8 Å². The van der Waals surface area contributed by atoms with Gasteiger partial charge >= 0.3 is 11.9 Å². The van der Waals surface area contributed by atoms with Crippen molar-refractivity contribution in [2.45, 2.75) is 58.0 Å². The highest BCUT2D eigenvalue weighted by molar-refractivity contribution is 5.88. The molecule has 2 aromatic carbocycles. The largest absolute Gasteiger partial charge is 0.480 e. The Labute approximate surface area is 205 Å². The van der Waals surface area contributed by atoms with Gasteiger partial charge in [0.25, 0.3) is 0 Å². The van der Waals surface area contributed by atoms with Crippen molar-refractivity contribution in [2.75, 3.05) is 6.61 Å². The highest BCUT2D eigenvalue weighted by Gasteiger charge is 2.23. The summed E-state index contributed by atoms with van der Waals surface area (Å²) in [5.41, 5.74) is 8.56. The van der Waals surface area contributed by atoms with Crippen LogP contribution in [0.4, 0.5) is 0 Å². The van der Waals surface area contributed by atoms with E-state index in [4.69, 9.17) is 15.6 Å². The van der Waals surface area contributed by atoms with Crippen molar-refractivity contribution in [3.63, 3.8) is 0 Å². The number of ether oxygens (including phenoxy) is 1. The van der Waals surface area contributed by atoms with Crippen molar-refractivity contribution in [2.24, 2.45) is 11.7 Å². The van der Waals surface area contributed by atoms with Crippen molar-refractivity contribution in [1.29, 1.82) is 0 Å². The quantitative estimate of drug-likeness (QED) is 0.352. The normalized spacial score (nSPS) is 13.3. The van der Waals surface area contributed by atoms with E-state index >= 15 is 0 Å². The van der Waals surface area contributed by atoms with E-state index in [1.807, 2.05) is 54.6 Å². The van der Waals surface area contributed by atoms with Crippen molar-refractivity contribution in [3.8, 4) is 11.1 Å². The molecule has 0 heterocycles. The van der Waals surface area contributed by atoms with E-state index in [9.17, 15) is 19.2 Å². The minimum absolute atomic E-state index is 0.0809.